The van der Waals surface area contributed by atoms with E-state index in [9.17, 15) is 9.90 Å². The van der Waals surface area contributed by atoms with Crippen LogP contribution in [0.15, 0.2) is 6.20 Å². The quantitative estimate of drug-likeness (QED) is 0.742. The van der Waals surface area contributed by atoms with Crippen LogP contribution in [0.3, 0.4) is 0 Å². The van der Waals surface area contributed by atoms with E-state index >= 15 is 0 Å². The molecule has 0 aromatic carbocycles. The first-order chi connectivity index (χ1) is 10.3. The van der Waals surface area contributed by atoms with Crippen LogP contribution < -0.4 is 5.32 Å². The van der Waals surface area contributed by atoms with E-state index in [-0.39, 0.29) is 11.3 Å². The zero-order valence-electron chi connectivity index (χ0n) is 13.7. The standard InChI is InChI=1S/C15H27N5O2/c1-14(2,3)6-7-16-13(21)10-20-8-4-5-15(22,11-20)12-9-17-19-18-12/h9,22H,4-8,10-11H2,1-3H3,(H,16,21)(H,17,18,19). The van der Waals surface area contributed by atoms with Gasteiger partial charge in [-0.3, -0.25) is 9.69 Å². The zero-order valence-corrected chi connectivity index (χ0v) is 13.7. The van der Waals surface area contributed by atoms with Crippen molar-refractivity contribution in [3.05, 3.63) is 11.9 Å². The summed E-state index contributed by atoms with van der Waals surface area (Å²) in [6, 6.07) is 0. The van der Waals surface area contributed by atoms with Gasteiger partial charge in [0, 0.05) is 13.1 Å². The van der Waals surface area contributed by atoms with Crippen LogP contribution in [-0.4, -0.2) is 57.5 Å². The molecule has 0 aliphatic carbocycles. The monoisotopic (exact) mass is 309 g/mol. The number of hydrogen-bond donors (Lipinski definition) is 3. The van der Waals surface area contributed by atoms with Gasteiger partial charge in [-0.25, -0.2) is 0 Å². The highest BCUT2D eigenvalue weighted by atomic mass is 16.3. The summed E-state index contributed by atoms with van der Waals surface area (Å²) in [7, 11) is 0. The molecule has 1 aliphatic heterocycles. The fourth-order valence-corrected chi connectivity index (χ4v) is 2.73. The number of likely N-dealkylation sites (tertiary alicyclic amines) is 1. The first-order valence-electron chi connectivity index (χ1n) is 7.86. The fraction of sp³-hybridized carbons (Fsp3) is 0.800. The molecule has 1 aromatic heterocycles. The highest BCUT2D eigenvalue weighted by molar-refractivity contribution is 5.78. The molecule has 22 heavy (non-hydrogen) atoms. The molecule has 0 saturated carbocycles. The van der Waals surface area contributed by atoms with Gasteiger partial charge in [0.15, 0.2) is 0 Å². The van der Waals surface area contributed by atoms with Gasteiger partial charge in [0.2, 0.25) is 5.91 Å². The second-order valence-corrected chi connectivity index (χ2v) is 7.36. The number of β-amino-alcohol motifs (C(OH)–C–C–N with tert-alkyl or cyclic N) is 1. The lowest BCUT2D eigenvalue weighted by atomic mass is 9.90. The smallest absolute Gasteiger partial charge is 0.234 e. The summed E-state index contributed by atoms with van der Waals surface area (Å²) >= 11 is 0. The molecule has 3 N–H and O–H groups in total. The molecular weight excluding hydrogens is 282 g/mol. The predicted molar refractivity (Wildman–Crippen MR) is 83.0 cm³/mol. The maximum atomic E-state index is 12.0. The van der Waals surface area contributed by atoms with Crippen molar-refractivity contribution in [2.45, 2.75) is 45.6 Å². The Morgan fingerprint density at radius 3 is 2.95 bits per heavy atom. The second-order valence-electron chi connectivity index (χ2n) is 7.36. The average Bonchev–Trinajstić information content (AvgIpc) is 2.91. The molecule has 1 amide bonds. The summed E-state index contributed by atoms with van der Waals surface area (Å²) in [4.78, 5) is 14.0. The Bertz CT molecular complexity index is 483. The van der Waals surface area contributed by atoms with Gasteiger partial charge in [-0.05, 0) is 31.2 Å². The average molecular weight is 309 g/mol. The van der Waals surface area contributed by atoms with E-state index in [0.717, 1.165) is 19.4 Å². The van der Waals surface area contributed by atoms with E-state index in [4.69, 9.17) is 0 Å². The highest BCUT2D eigenvalue weighted by Crippen LogP contribution is 2.29. The molecular formula is C15H27N5O2. The van der Waals surface area contributed by atoms with Gasteiger partial charge in [-0.2, -0.15) is 15.4 Å². The van der Waals surface area contributed by atoms with E-state index in [1.807, 2.05) is 4.90 Å². The van der Waals surface area contributed by atoms with Crippen LogP contribution in [-0.2, 0) is 10.4 Å². The Balaban J connectivity index is 1.82. The van der Waals surface area contributed by atoms with Crippen LogP contribution >= 0.6 is 0 Å². The Morgan fingerprint density at radius 2 is 2.32 bits per heavy atom. The van der Waals surface area contributed by atoms with E-state index in [1.165, 1.54) is 0 Å². The van der Waals surface area contributed by atoms with Crippen molar-refractivity contribution in [2.75, 3.05) is 26.2 Å². The molecule has 1 saturated heterocycles. The van der Waals surface area contributed by atoms with Crippen molar-refractivity contribution in [3.8, 4) is 0 Å². The third-order valence-corrected chi connectivity index (χ3v) is 4.01. The van der Waals surface area contributed by atoms with Gasteiger partial charge < -0.3 is 10.4 Å². The number of aromatic nitrogens is 3. The number of amides is 1. The number of H-pyrrole nitrogens is 1. The minimum Gasteiger partial charge on any atom is -0.382 e. The highest BCUT2D eigenvalue weighted by Gasteiger charge is 2.37. The first kappa shape index (κ1) is 16.9. The van der Waals surface area contributed by atoms with Crippen molar-refractivity contribution in [1.29, 1.82) is 0 Å². The fourth-order valence-electron chi connectivity index (χ4n) is 2.73. The molecule has 124 valence electrons. The maximum Gasteiger partial charge on any atom is 0.234 e. The molecule has 1 aliphatic rings. The molecule has 0 bridgehead atoms. The van der Waals surface area contributed by atoms with Crippen LogP contribution in [0, 0.1) is 5.41 Å². The van der Waals surface area contributed by atoms with Gasteiger partial charge in [-0.15, -0.1) is 0 Å². The third kappa shape index (κ3) is 4.78. The molecule has 2 rings (SSSR count). The van der Waals surface area contributed by atoms with Crippen LogP contribution in [0.5, 0.6) is 0 Å². The van der Waals surface area contributed by atoms with Crippen molar-refractivity contribution < 1.29 is 9.90 Å². The van der Waals surface area contributed by atoms with E-state index < -0.39 is 5.60 Å². The lowest BCUT2D eigenvalue weighted by molar-refractivity contribution is -0.124. The molecule has 7 nitrogen and oxygen atoms in total. The van der Waals surface area contributed by atoms with Crippen LogP contribution in [0.1, 0.15) is 45.7 Å². The number of rotatable bonds is 5. The maximum absolute atomic E-state index is 12.0. The van der Waals surface area contributed by atoms with Gasteiger partial charge >= 0.3 is 0 Å². The van der Waals surface area contributed by atoms with Gasteiger partial charge in [-0.1, -0.05) is 20.8 Å². The normalized spacial score (nSPS) is 23.5. The minimum absolute atomic E-state index is 0.00801. The number of carbonyl (C=O) groups is 1. The Labute approximate surface area is 131 Å². The van der Waals surface area contributed by atoms with Crippen molar-refractivity contribution in [3.63, 3.8) is 0 Å². The number of aromatic amines is 1. The van der Waals surface area contributed by atoms with Crippen LogP contribution in [0.2, 0.25) is 0 Å². The third-order valence-electron chi connectivity index (χ3n) is 4.01. The van der Waals surface area contributed by atoms with E-state index in [1.54, 1.807) is 6.20 Å². The molecule has 0 spiro atoms. The number of piperidine rings is 1. The van der Waals surface area contributed by atoms with Gasteiger partial charge in [0.1, 0.15) is 11.3 Å². The Kier molecular flexibility index (Phi) is 5.18. The predicted octanol–water partition coefficient (Wildman–Crippen LogP) is 0.640. The van der Waals surface area contributed by atoms with Crippen LogP contribution in [0.4, 0.5) is 0 Å². The summed E-state index contributed by atoms with van der Waals surface area (Å²) in [6.45, 7) is 8.68. The molecule has 1 atom stereocenters. The number of hydrogen-bond acceptors (Lipinski definition) is 5. The Hall–Kier alpha value is -1.47. The molecule has 7 heteroatoms. The molecule has 0 radical (unpaired) electrons. The van der Waals surface area contributed by atoms with Crippen molar-refractivity contribution in [2.24, 2.45) is 5.41 Å². The van der Waals surface area contributed by atoms with Crippen molar-refractivity contribution in [1.82, 2.24) is 25.6 Å². The first-order valence-corrected chi connectivity index (χ1v) is 7.86. The lowest BCUT2D eigenvalue weighted by Crippen LogP contribution is -2.49. The Morgan fingerprint density at radius 1 is 1.55 bits per heavy atom. The number of nitrogens with zero attached hydrogens (tertiary/aromatic N) is 3. The van der Waals surface area contributed by atoms with Crippen LogP contribution in [0.25, 0.3) is 0 Å². The molecule has 1 unspecified atom stereocenters. The van der Waals surface area contributed by atoms with Gasteiger partial charge in [0.05, 0.1) is 12.7 Å². The summed E-state index contributed by atoms with van der Waals surface area (Å²) < 4.78 is 0. The molecule has 2 heterocycles. The summed E-state index contributed by atoms with van der Waals surface area (Å²) in [5, 5.41) is 23.9. The van der Waals surface area contributed by atoms with E-state index in [0.29, 0.717) is 31.7 Å². The number of aliphatic hydroxyl groups is 1. The van der Waals surface area contributed by atoms with Gasteiger partial charge in [0.25, 0.3) is 0 Å². The number of carbonyl (C=O) groups excluding carboxylic acids is 1. The van der Waals surface area contributed by atoms with E-state index in [2.05, 4.69) is 41.5 Å². The second kappa shape index (κ2) is 6.75. The zero-order chi connectivity index (χ0) is 16.2. The molecule has 1 fully saturated rings. The topological polar surface area (TPSA) is 94.1 Å². The largest absolute Gasteiger partial charge is 0.382 e. The summed E-state index contributed by atoms with van der Waals surface area (Å²) in [5.41, 5.74) is -0.256. The summed E-state index contributed by atoms with van der Waals surface area (Å²) in [6.07, 6.45) is 3.97. The lowest BCUT2D eigenvalue weighted by Gasteiger charge is -2.37. The summed E-state index contributed by atoms with van der Waals surface area (Å²) in [5.74, 6) is 0.00801. The molecule has 1 aromatic rings. The minimum atomic E-state index is -1.02. The SMILES string of the molecule is CC(C)(C)CCNC(=O)CN1CCCC(O)(c2cn[nH]n2)C1. The number of nitrogens with one attached hydrogen (secondary N) is 2. The van der Waals surface area contributed by atoms with Crippen molar-refractivity contribution >= 4 is 5.91 Å².